The molecule has 0 saturated heterocycles. The van der Waals surface area contributed by atoms with Crippen molar-refractivity contribution in [3.8, 4) is 0 Å². The van der Waals surface area contributed by atoms with Gasteiger partial charge in [0, 0.05) is 6.54 Å². The molecular weight excluding hydrogens is 334 g/mol. The van der Waals surface area contributed by atoms with Gasteiger partial charge in [0.25, 0.3) is 0 Å². The highest BCUT2D eigenvalue weighted by atomic mass is 16.6. The average Bonchev–Trinajstić information content (AvgIpc) is 2.95. The van der Waals surface area contributed by atoms with E-state index in [4.69, 9.17) is 4.74 Å². The lowest BCUT2D eigenvalue weighted by atomic mass is 10.0. The summed E-state index contributed by atoms with van der Waals surface area (Å²) in [5.41, 5.74) is 2.09. The predicted octanol–water partition coefficient (Wildman–Crippen LogP) is 3.33. The van der Waals surface area contributed by atoms with Crippen molar-refractivity contribution < 1.29 is 23.9 Å². The van der Waals surface area contributed by atoms with Crippen LogP contribution in [-0.2, 0) is 16.1 Å². The number of nitrogens with one attached hydrogen (secondary N) is 1. The Morgan fingerprint density at radius 1 is 1.04 bits per heavy atom. The minimum Gasteiger partial charge on any atom is -0.445 e. The van der Waals surface area contributed by atoms with Gasteiger partial charge in [0.1, 0.15) is 6.61 Å². The van der Waals surface area contributed by atoms with Crippen LogP contribution in [0.25, 0.3) is 6.08 Å². The first-order valence-corrected chi connectivity index (χ1v) is 8.16. The molecule has 0 spiro atoms. The lowest BCUT2D eigenvalue weighted by molar-refractivity contribution is 0.0443. The summed E-state index contributed by atoms with van der Waals surface area (Å²) in [6.45, 7) is 0.608. The maximum Gasteiger partial charge on any atom is 0.407 e. The molecule has 0 aromatic heterocycles. The van der Waals surface area contributed by atoms with Crippen LogP contribution in [0.2, 0.25) is 0 Å². The highest BCUT2D eigenvalue weighted by Crippen LogP contribution is 2.24. The summed E-state index contributed by atoms with van der Waals surface area (Å²) < 4.78 is 9.72. The first-order valence-electron chi connectivity index (χ1n) is 8.16. The highest BCUT2D eigenvalue weighted by molar-refractivity contribution is 6.16. The third-order valence-electron chi connectivity index (χ3n) is 3.80. The van der Waals surface area contributed by atoms with Crippen LogP contribution in [0.1, 0.15) is 38.3 Å². The maximum atomic E-state index is 11.7. The van der Waals surface area contributed by atoms with Crippen molar-refractivity contribution in [3.63, 3.8) is 0 Å². The molecule has 2 aromatic carbocycles. The molecule has 6 heteroatoms. The topological polar surface area (TPSA) is 81.7 Å². The van der Waals surface area contributed by atoms with Crippen LogP contribution in [0.5, 0.6) is 0 Å². The lowest BCUT2D eigenvalue weighted by Gasteiger charge is -2.06. The summed E-state index contributed by atoms with van der Waals surface area (Å²) in [5.74, 6) is -1.25. The quantitative estimate of drug-likeness (QED) is 0.490. The van der Waals surface area contributed by atoms with Gasteiger partial charge in [-0.15, -0.1) is 0 Å². The van der Waals surface area contributed by atoms with E-state index in [2.05, 4.69) is 10.1 Å². The second kappa shape index (κ2) is 8.11. The number of hydrogen-bond acceptors (Lipinski definition) is 5. The molecule has 0 unspecified atom stereocenters. The normalized spacial score (nSPS) is 12.8. The molecule has 0 aliphatic carbocycles. The largest absolute Gasteiger partial charge is 0.445 e. The fraction of sp³-hybridized carbons (Fsp3) is 0.150. The summed E-state index contributed by atoms with van der Waals surface area (Å²) >= 11 is 0. The zero-order chi connectivity index (χ0) is 18.4. The fourth-order valence-electron chi connectivity index (χ4n) is 2.54. The number of cyclic esters (lactones) is 2. The van der Waals surface area contributed by atoms with Crippen molar-refractivity contribution in [1.82, 2.24) is 5.32 Å². The number of benzene rings is 2. The molecule has 26 heavy (non-hydrogen) atoms. The van der Waals surface area contributed by atoms with Gasteiger partial charge in [0.05, 0.1) is 11.1 Å². The molecule has 3 rings (SSSR count). The zero-order valence-electron chi connectivity index (χ0n) is 13.9. The number of alkyl carbamates (subject to hydrolysis) is 1. The number of carbonyl (C=O) groups is 3. The summed E-state index contributed by atoms with van der Waals surface area (Å²) in [5, 5.41) is 2.65. The summed E-state index contributed by atoms with van der Waals surface area (Å²) in [6.07, 6.45) is 3.60. The number of ether oxygens (including phenoxy) is 2. The van der Waals surface area contributed by atoms with Crippen molar-refractivity contribution in [3.05, 3.63) is 76.9 Å². The number of rotatable bonds is 6. The van der Waals surface area contributed by atoms with Gasteiger partial charge in [0.2, 0.25) is 0 Å². The Kier molecular flexibility index (Phi) is 5.43. The molecule has 0 fully saturated rings. The van der Waals surface area contributed by atoms with Gasteiger partial charge in [-0.1, -0.05) is 54.6 Å². The van der Waals surface area contributed by atoms with E-state index in [0.29, 0.717) is 18.5 Å². The van der Waals surface area contributed by atoms with Crippen LogP contribution in [0, 0.1) is 0 Å². The summed E-state index contributed by atoms with van der Waals surface area (Å²) in [7, 11) is 0. The Balaban J connectivity index is 1.45. The van der Waals surface area contributed by atoms with E-state index in [1.165, 1.54) is 0 Å². The van der Waals surface area contributed by atoms with Crippen LogP contribution >= 0.6 is 0 Å². The second-order valence-corrected chi connectivity index (χ2v) is 5.63. The number of hydrogen-bond donors (Lipinski definition) is 1. The fourth-order valence-corrected chi connectivity index (χ4v) is 2.54. The van der Waals surface area contributed by atoms with Gasteiger partial charge < -0.3 is 14.8 Å². The SMILES string of the molecule is O=C(NCCC=Cc1cccc2c1C(=O)OC2=O)OCc1ccccc1. The van der Waals surface area contributed by atoms with Crippen molar-refractivity contribution in [1.29, 1.82) is 0 Å². The van der Waals surface area contributed by atoms with E-state index in [1.54, 1.807) is 24.3 Å². The van der Waals surface area contributed by atoms with Crippen LogP contribution < -0.4 is 5.32 Å². The molecule has 1 aliphatic rings. The second-order valence-electron chi connectivity index (χ2n) is 5.63. The Morgan fingerprint density at radius 3 is 2.65 bits per heavy atom. The number of fused-ring (bicyclic) bond motifs is 1. The average molecular weight is 351 g/mol. The van der Waals surface area contributed by atoms with E-state index in [1.807, 2.05) is 36.4 Å². The number of amides is 1. The minimum atomic E-state index is -0.632. The highest BCUT2D eigenvalue weighted by Gasteiger charge is 2.31. The van der Waals surface area contributed by atoms with E-state index in [0.717, 1.165) is 5.56 Å². The van der Waals surface area contributed by atoms with Crippen LogP contribution in [-0.4, -0.2) is 24.6 Å². The molecule has 0 radical (unpaired) electrons. The number of carbonyl (C=O) groups excluding carboxylic acids is 3. The van der Waals surface area contributed by atoms with Gasteiger partial charge in [-0.05, 0) is 23.6 Å². The van der Waals surface area contributed by atoms with Crippen LogP contribution in [0.3, 0.4) is 0 Å². The Labute approximate surface area is 150 Å². The minimum absolute atomic E-state index is 0.217. The lowest BCUT2D eigenvalue weighted by Crippen LogP contribution is -2.24. The molecule has 0 saturated carbocycles. The van der Waals surface area contributed by atoms with Crippen molar-refractivity contribution in [2.45, 2.75) is 13.0 Å². The Bertz CT molecular complexity index is 858. The van der Waals surface area contributed by atoms with Crippen molar-refractivity contribution in [2.75, 3.05) is 6.54 Å². The molecule has 1 amide bonds. The number of esters is 2. The molecule has 6 nitrogen and oxygen atoms in total. The van der Waals surface area contributed by atoms with Gasteiger partial charge in [0.15, 0.2) is 0 Å². The molecule has 0 bridgehead atoms. The molecule has 1 aliphatic heterocycles. The molecule has 0 atom stereocenters. The van der Waals surface area contributed by atoms with Gasteiger partial charge in [-0.25, -0.2) is 14.4 Å². The smallest absolute Gasteiger partial charge is 0.407 e. The Morgan fingerprint density at radius 2 is 1.85 bits per heavy atom. The summed E-state index contributed by atoms with van der Waals surface area (Å²) in [4.78, 5) is 34.9. The maximum absolute atomic E-state index is 11.7. The van der Waals surface area contributed by atoms with Gasteiger partial charge >= 0.3 is 18.0 Å². The van der Waals surface area contributed by atoms with Crippen molar-refractivity contribution >= 4 is 24.1 Å². The molecule has 2 aromatic rings. The first-order chi connectivity index (χ1) is 12.6. The first kappa shape index (κ1) is 17.4. The van der Waals surface area contributed by atoms with Crippen LogP contribution in [0.15, 0.2) is 54.6 Å². The third-order valence-corrected chi connectivity index (χ3v) is 3.80. The third kappa shape index (κ3) is 4.16. The monoisotopic (exact) mass is 351 g/mol. The van der Waals surface area contributed by atoms with E-state index in [-0.39, 0.29) is 17.7 Å². The summed E-state index contributed by atoms with van der Waals surface area (Å²) in [6, 6.07) is 14.4. The van der Waals surface area contributed by atoms with Crippen LogP contribution in [0.4, 0.5) is 4.79 Å². The molecule has 132 valence electrons. The van der Waals surface area contributed by atoms with E-state index < -0.39 is 18.0 Å². The van der Waals surface area contributed by atoms with Crippen molar-refractivity contribution in [2.24, 2.45) is 0 Å². The standard InChI is InChI=1S/C20H17NO5/c22-18-16-11-6-10-15(17(16)19(23)26-18)9-4-5-12-21-20(24)25-13-14-7-2-1-3-8-14/h1-4,6-11H,5,12-13H2,(H,21,24). The zero-order valence-corrected chi connectivity index (χ0v) is 13.9. The molecular formula is C20H17NO5. The Hall–Kier alpha value is -3.41. The molecule has 1 heterocycles. The van der Waals surface area contributed by atoms with Gasteiger partial charge in [-0.3, -0.25) is 0 Å². The van der Waals surface area contributed by atoms with Gasteiger partial charge in [-0.2, -0.15) is 0 Å². The van der Waals surface area contributed by atoms with E-state index in [9.17, 15) is 14.4 Å². The van der Waals surface area contributed by atoms with E-state index >= 15 is 0 Å². The molecule has 1 N–H and O–H groups in total. The predicted molar refractivity (Wildman–Crippen MR) is 94.5 cm³/mol.